The van der Waals surface area contributed by atoms with Gasteiger partial charge < -0.3 is 9.80 Å². The van der Waals surface area contributed by atoms with Crippen molar-refractivity contribution < 1.29 is 9.59 Å². The van der Waals surface area contributed by atoms with E-state index in [0.29, 0.717) is 12.3 Å². The zero-order chi connectivity index (χ0) is 15.2. The van der Waals surface area contributed by atoms with Gasteiger partial charge in [-0.15, -0.1) is 0 Å². The second kappa shape index (κ2) is 5.37. The first-order chi connectivity index (χ1) is 10.7. The molecule has 0 unspecified atom stereocenters. The molecule has 5 heteroatoms. The molecule has 0 aromatic carbocycles. The molecular weight excluding hydrogens is 296 g/mol. The molecule has 0 bridgehead atoms. The maximum absolute atomic E-state index is 12.9. The number of likely N-dealkylation sites (tertiary alicyclic amines) is 2. The molecule has 4 rings (SSSR count). The lowest BCUT2D eigenvalue weighted by atomic mass is 9.85. The Labute approximate surface area is 135 Å². The van der Waals surface area contributed by atoms with Crippen LogP contribution in [-0.2, 0) is 4.79 Å². The summed E-state index contributed by atoms with van der Waals surface area (Å²) in [5.41, 5.74) is 0.530. The second-order valence-corrected chi connectivity index (χ2v) is 7.82. The van der Waals surface area contributed by atoms with E-state index in [1.807, 2.05) is 26.6 Å². The number of thiophene rings is 1. The van der Waals surface area contributed by atoms with Crippen LogP contribution in [0, 0.1) is 5.92 Å². The first kappa shape index (κ1) is 14.2. The van der Waals surface area contributed by atoms with Gasteiger partial charge in [0, 0.05) is 25.0 Å². The Morgan fingerprint density at radius 1 is 1.36 bits per heavy atom. The number of hydrogen-bond donors (Lipinski definition) is 0. The number of carbonyl (C=O) groups is 2. The summed E-state index contributed by atoms with van der Waals surface area (Å²) in [5, 5.41) is 3.87. The summed E-state index contributed by atoms with van der Waals surface area (Å²) in [6.07, 6.45) is 6.18. The second-order valence-electron chi connectivity index (χ2n) is 7.04. The van der Waals surface area contributed by atoms with Gasteiger partial charge in [-0.1, -0.05) is 0 Å². The fourth-order valence-corrected chi connectivity index (χ4v) is 4.60. The average molecular weight is 318 g/mol. The molecular formula is C17H22N2O2S. The number of piperidine rings is 1. The number of rotatable bonds is 3. The molecule has 1 spiro atoms. The summed E-state index contributed by atoms with van der Waals surface area (Å²) in [6, 6.07) is 1.90. The van der Waals surface area contributed by atoms with E-state index in [-0.39, 0.29) is 17.4 Å². The maximum Gasteiger partial charge on any atom is 0.255 e. The highest BCUT2D eigenvalue weighted by molar-refractivity contribution is 7.08. The SMILES string of the molecule is O=C1C[C@]2(CCCCN2C(=O)c2ccsc2)CN1CC1CC1. The Bertz CT molecular complexity index is 581. The molecule has 4 nitrogen and oxygen atoms in total. The number of hydrogen-bond acceptors (Lipinski definition) is 3. The molecule has 1 aromatic heterocycles. The van der Waals surface area contributed by atoms with Crippen LogP contribution in [0.3, 0.4) is 0 Å². The van der Waals surface area contributed by atoms with Crippen LogP contribution in [0.15, 0.2) is 16.8 Å². The van der Waals surface area contributed by atoms with E-state index in [0.717, 1.165) is 44.5 Å². The molecule has 1 saturated carbocycles. The Hall–Kier alpha value is -1.36. The monoisotopic (exact) mass is 318 g/mol. The summed E-state index contributed by atoms with van der Waals surface area (Å²) in [7, 11) is 0. The van der Waals surface area contributed by atoms with Gasteiger partial charge in [0.15, 0.2) is 0 Å². The highest BCUT2D eigenvalue weighted by Gasteiger charge is 2.50. The van der Waals surface area contributed by atoms with Gasteiger partial charge in [0.25, 0.3) is 5.91 Å². The molecule has 3 aliphatic rings. The molecule has 3 fully saturated rings. The molecule has 2 amide bonds. The lowest BCUT2D eigenvalue weighted by molar-refractivity contribution is -0.128. The highest BCUT2D eigenvalue weighted by Crippen LogP contribution is 2.40. The van der Waals surface area contributed by atoms with Crippen molar-refractivity contribution in [1.82, 2.24) is 9.80 Å². The summed E-state index contributed by atoms with van der Waals surface area (Å²) < 4.78 is 0. The van der Waals surface area contributed by atoms with Crippen LogP contribution in [0.2, 0.25) is 0 Å². The molecule has 2 aliphatic heterocycles. The highest BCUT2D eigenvalue weighted by atomic mass is 32.1. The third kappa shape index (κ3) is 2.45. The van der Waals surface area contributed by atoms with Crippen molar-refractivity contribution in [1.29, 1.82) is 0 Å². The smallest absolute Gasteiger partial charge is 0.255 e. The zero-order valence-electron chi connectivity index (χ0n) is 12.8. The standard InChI is InChI=1S/C17H22N2O2S/c20-15-9-17(12-18(15)10-13-3-4-13)6-1-2-7-19(17)16(21)14-5-8-22-11-14/h5,8,11,13H,1-4,6-7,9-10,12H2/t17-/m1/s1. The third-order valence-corrected chi connectivity index (χ3v) is 6.04. The normalized spacial score (nSPS) is 28.6. The van der Waals surface area contributed by atoms with Crippen LogP contribution < -0.4 is 0 Å². The Morgan fingerprint density at radius 2 is 2.23 bits per heavy atom. The van der Waals surface area contributed by atoms with E-state index < -0.39 is 0 Å². The molecule has 1 aromatic rings. The predicted octanol–water partition coefficient (Wildman–Crippen LogP) is 2.76. The van der Waals surface area contributed by atoms with Gasteiger partial charge in [0.2, 0.25) is 5.91 Å². The fourth-order valence-electron chi connectivity index (χ4n) is 3.97. The van der Waals surface area contributed by atoms with Crippen molar-refractivity contribution in [2.24, 2.45) is 5.92 Å². The minimum absolute atomic E-state index is 0.113. The Balaban J connectivity index is 1.57. The van der Waals surface area contributed by atoms with Crippen LogP contribution >= 0.6 is 11.3 Å². The maximum atomic E-state index is 12.9. The van der Waals surface area contributed by atoms with Crippen molar-refractivity contribution in [2.45, 2.75) is 44.1 Å². The van der Waals surface area contributed by atoms with Gasteiger partial charge in [-0.05, 0) is 49.5 Å². The average Bonchev–Trinajstić information content (AvgIpc) is 3.05. The third-order valence-electron chi connectivity index (χ3n) is 5.35. The molecule has 3 heterocycles. The van der Waals surface area contributed by atoms with Crippen LogP contribution in [0.4, 0.5) is 0 Å². The molecule has 2 saturated heterocycles. The van der Waals surface area contributed by atoms with E-state index >= 15 is 0 Å². The van der Waals surface area contributed by atoms with E-state index in [1.54, 1.807) is 11.3 Å². The quantitative estimate of drug-likeness (QED) is 0.860. The minimum atomic E-state index is -0.247. The van der Waals surface area contributed by atoms with Crippen LogP contribution in [0.5, 0.6) is 0 Å². The largest absolute Gasteiger partial charge is 0.340 e. The summed E-state index contributed by atoms with van der Waals surface area (Å²) >= 11 is 1.56. The summed E-state index contributed by atoms with van der Waals surface area (Å²) in [4.78, 5) is 29.4. The molecule has 22 heavy (non-hydrogen) atoms. The van der Waals surface area contributed by atoms with Gasteiger partial charge in [0.1, 0.15) is 0 Å². The topological polar surface area (TPSA) is 40.6 Å². The van der Waals surface area contributed by atoms with E-state index in [2.05, 4.69) is 0 Å². The Kier molecular flexibility index (Phi) is 3.48. The van der Waals surface area contributed by atoms with Crippen molar-refractivity contribution in [3.63, 3.8) is 0 Å². The van der Waals surface area contributed by atoms with Gasteiger partial charge in [-0.2, -0.15) is 11.3 Å². The van der Waals surface area contributed by atoms with Crippen molar-refractivity contribution in [3.8, 4) is 0 Å². The number of carbonyl (C=O) groups excluding carboxylic acids is 2. The lowest BCUT2D eigenvalue weighted by Gasteiger charge is -2.44. The van der Waals surface area contributed by atoms with Gasteiger partial charge in [-0.3, -0.25) is 9.59 Å². The summed E-state index contributed by atoms with van der Waals surface area (Å²) in [5.74, 6) is 1.07. The molecule has 118 valence electrons. The van der Waals surface area contributed by atoms with Gasteiger partial charge >= 0.3 is 0 Å². The number of nitrogens with zero attached hydrogens (tertiary/aromatic N) is 2. The van der Waals surface area contributed by atoms with Gasteiger partial charge in [0.05, 0.1) is 17.5 Å². The first-order valence-electron chi connectivity index (χ1n) is 8.30. The van der Waals surface area contributed by atoms with Crippen LogP contribution in [0.1, 0.15) is 48.9 Å². The Morgan fingerprint density at radius 3 is 2.95 bits per heavy atom. The fraction of sp³-hybridized carbons (Fsp3) is 0.647. The van der Waals surface area contributed by atoms with Crippen LogP contribution in [0.25, 0.3) is 0 Å². The van der Waals surface area contributed by atoms with E-state index in [1.165, 1.54) is 12.8 Å². The van der Waals surface area contributed by atoms with Gasteiger partial charge in [-0.25, -0.2) is 0 Å². The molecule has 0 radical (unpaired) electrons. The molecule has 1 aliphatic carbocycles. The first-order valence-corrected chi connectivity index (χ1v) is 9.24. The van der Waals surface area contributed by atoms with Crippen molar-refractivity contribution in [2.75, 3.05) is 19.6 Å². The lowest BCUT2D eigenvalue weighted by Crippen LogP contribution is -2.56. The zero-order valence-corrected chi connectivity index (χ0v) is 13.6. The number of amides is 2. The molecule has 0 N–H and O–H groups in total. The summed E-state index contributed by atoms with van der Waals surface area (Å²) in [6.45, 7) is 2.44. The van der Waals surface area contributed by atoms with E-state index in [9.17, 15) is 9.59 Å². The van der Waals surface area contributed by atoms with Crippen molar-refractivity contribution in [3.05, 3.63) is 22.4 Å². The van der Waals surface area contributed by atoms with Crippen LogP contribution in [-0.4, -0.2) is 46.8 Å². The minimum Gasteiger partial charge on any atom is -0.340 e. The molecule has 1 atom stereocenters. The van der Waals surface area contributed by atoms with E-state index in [4.69, 9.17) is 0 Å². The van der Waals surface area contributed by atoms with Crippen molar-refractivity contribution >= 4 is 23.2 Å². The predicted molar refractivity (Wildman–Crippen MR) is 85.9 cm³/mol.